The molecule has 0 radical (unpaired) electrons. The van der Waals surface area contributed by atoms with E-state index in [1.165, 1.54) is 4.88 Å². The van der Waals surface area contributed by atoms with Crippen molar-refractivity contribution in [3.05, 3.63) is 51.7 Å². The smallest absolute Gasteiger partial charge is 0.238 e. The number of carbonyl (C=O) groups excluding carboxylic acids is 1. The standard InChI is InChI=1S/C18H21ClN2O2S/c19-14-4-1-5-15(10-14)20-18(22)13-21(11-16-6-2-8-23-16)12-17-7-3-9-24-17/h1,3-5,7,9-10,16H,2,6,8,11-13H2,(H,20,22). The fraction of sp³-hybridized carbons (Fsp3) is 0.389. The van der Waals surface area contributed by atoms with E-state index in [0.717, 1.165) is 38.2 Å². The molecule has 0 bridgehead atoms. The van der Waals surface area contributed by atoms with E-state index in [0.29, 0.717) is 11.6 Å². The van der Waals surface area contributed by atoms with Gasteiger partial charge >= 0.3 is 0 Å². The molecule has 1 unspecified atom stereocenters. The van der Waals surface area contributed by atoms with E-state index in [1.54, 1.807) is 23.5 Å². The summed E-state index contributed by atoms with van der Waals surface area (Å²) in [5, 5.41) is 5.59. The summed E-state index contributed by atoms with van der Waals surface area (Å²) < 4.78 is 5.73. The lowest BCUT2D eigenvalue weighted by Gasteiger charge is -2.24. The number of hydrogen-bond donors (Lipinski definition) is 1. The highest BCUT2D eigenvalue weighted by Gasteiger charge is 2.21. The molecule has 6 heteroatoms. The first-order valence-electron chi connectivity index (χ1n) is 8.11. The molecule has 1 amide bonds. The number of amides is 1. The molecule has 2 heterocycles. The predicted octanol–water partition coefficient (Wildman–Crippen LogP) is 4.02. The number of ether oxygens (including phenoxy) is 1. The largest absolute Gasteiger partial charge is 0.377 e. The number of halogens is 1. The predicted molar refractivity (Wildman–Crippen MR) is 98.7 cm³/mol. The Hall–Kier alpha value is -1.40. The van der Waals surface area contributed by atoms with Crippen LogP contribution in [0.3, 0.4) is 0 Å². The number of nitrogens with zero attached hydrogens (tertiary/aromatic N) is 1. The Bertz CT molecular complexity index is 657. The Morgan fingerprint density at radius 1 is 1.38 bits per heavy atom. The fourth-order valence-electron chi connectivity index (χ4n) is 2.85. The molecule has 1 aliphatic rings. The van der Waals surface area contributed by atoms with Crippen molar-refractivity contribution >= 4 is 34.5 Å². The molecule has 0 aliphatic carbocycles. The van der Waals surface area contributed by atoms with Gasteiger partial charge in [-0.3, -0.25) is 9.69 Å². The number of nitrogens with one attached hydrogen (secondary N) is 1. The lowest BCUT2D eigenvalue weighted by atomic mass is 10.2. The maximum absolute atomic E-state index is 12.4. The van der Waals surface area contributed by atoms with E-state index >= 15 is 0 Å². The third-order valence-electron chi connectivity index (χ3n) is 3.92. The van der Waals surface area contributed by atoms with Gasteiger partial charge in [-0.1, -0.05) is 23.7 Å². The lowest BCUT2D eigenvalue weighted by molar-refractivity contribution is -0.117. The minimum absolute atomic E-state index is 0.0354. The van der Waals surface area contributed by atoms with E-state index in [1.807, 2.05) is 18.2 Å². The summed E-state index contributed by atoms with van der Waals surface area (Å²) in [6.45, 7) is 2.71. The van der Waals surface area contributed by atoms with Gasteiger partial charge in [0.25, 0.3) is 0 Å². The van der Waals surface area contributed by atoms with Gasteiger partial charge in [-0.2, -0.15) is 0 Å². The van der Waals surface area contributed by atoms with Gasteiger partial charge in [0.1, 0.15) is 0 Å². The second-order valence-electron chi connectivity index (χ2n) is 5.94. The zero-order chi connectivity index (χ0) is 16.8. The number of thiophene rings is 1. The van der Waals surface area contributed by atoms with Crippen molar-refractivity contribution in [2.24, 2.45) is 0 Å². The first-order valence-corrected chi connectivity index (χ1v) is 9.36. The van der Waals surface area contributed by atoms with E-state index in [4.69, 9.17) is 16.3 Å². The van der Waals surface area contributed by atoms with Gasteiger partial charge in [-0.25, -0.2) is 0 Å². The van der Waals surface area contributed by atoms with E-state index < -0.39 is 0 Å². The highest BCUT2D eigenvalue weighted by Crippen LogP contribution is 2.18. The lowest BCUT2D eigenvalue weighted by Crippen LogP contribution is -2.37. The summed E-state index contributed by atoms with van der Waals surface area (Å²) >= 11 is 7.68. The van der Waals surface area contributed by atoms with Crippen molar-refractivity contribution < 1.29 is 9.53 Å². The summed E-state index contributed by atoms with van der Waals surface area (Å²) in [5.74, 6) is -0.0354. The molecule has 1 aromatic carbocycles. The van der Waals surface area contributed by atoms with Crippen LogP contribution in [0.15, 0.2) is 41.8 Å². The first kappa shape index (κ1) is 17.4. The molecule has 0 spiro atoms. The fourth-order valence-corrected chi connectivity index (χ4v) is 3.79. The molecule has 1 fully saturated rings. The van der Waals surface area contributed by atoms with Crippen molar-refractivity contribution in [1.29, 1.82) is 0 Å². The van der Waals surface area contributed by atoms with Crippen LogP contribution in [0.1, 0.15) is 17.7 Å². The van der Waals surface area contributed by atoms with E-state index in [9.17, 15) is 4.79 Å². The monoisotopic (exact) mass is 364 g/mol. The minimum Gasteiger partial charge on any atom is -0.377 e. The molecular formula is C18H21ClN2O2S. The van der Waals surface area contributed by atoms with Gasteiger partial charge in [-0.15, -0.1) is 11.3 Å². The number of rotatable bonds is 7. The van der Waals surface area contributed by atoms with Crippen molar-refractivity contribution in [3.8, 4) is 0 Å². The van der Waals surface area contributed by atoms with Gasteiger partial charge in [0.05, 0.1) is 12.6 Å². The summed E-state index contributed by atoms with van der Waals surface area (Å²) in [7, 11) is 0. The highest BCUT2D eigenvalue weighted by molar-refractivity contribution is 7.09. The third kappa shape index (κ3) is 5.31. The Balaban J connectivity index is 1.60. The van der Waals surface area contributed by atoms with Crippen LogP contribution in [0, 0.1) is 0 Å². The van der Waals surface area contributed by atoms with Crippen LogP contribution in [0.25, 0.3) is 0 Å². The average molecular weight is 365 g/mol. The summed E-state index contributed by atoms with van der Waals surface area (Å²) in [5.41, 5.74) is 0.723. The zero-order valence-electron chi connectivity index (χ0n) is 13.4. The maximum Gasteiger partial charge on any atom is 0.238 e. The van der Waals surface area contributed by atoms with E-state index in [-0.39, 0.29) is 12.0 Å². The van der Waals surface area contributed by atoms with Gasteiger partial charge in [0, 0.05) is 35.3 Å². The molecule has 128 valence electrons. The van der Waals surface area contributed by atoms with Gasteiger partial charge in [-0.05, 0) is 42.5 Å². The Morgan fingerprint density at radius 3 is 3.00 bits per heavy atom. The molecular weight excluding hydrogens is 344 g/mol. The van der Waals surface area contributed by atoms with Gasteiger partial charge < -0.3 is 10.1 Å². The van der Waals surface area contributed by atoms with Crippen LogP contribution >= 0.6 is 22.9 Å². The van der Waals surface area contributed by atoms with Crippen LogP contribution in [-0.4, -0.2) is 36.6 Å². The third-order valence-corrected chi connectivity index (χ3v) is 5.02. The quantitative estimate of drug-likeness (QED) is 0.806. The molecule has 1 aromatic heterocycles. The molecule has 4 nitrogen and oxygen atoms in total. The molecule has 1 atom stereocenters. The van der Waals surface area contributed by atoms with Gasteiger partial charge in [0.2, 0.25) is 5.91 Å². The van der Waals surface area contributed by atoms with Crippen LogP contribution in [0.5, 0.6) is 0 Å². The van der Waals surface area contributed by atoms with Crippen LogP contribution < -0.4 is 5.32 Å². The number of anilines is 1. The minimum atomic E-state index is -0.0354. The van der Waals surface area contributed by atoms with Crippen molar-refractivity contribution in [1.82, 2.24) is 4.90 Å². The number of hydrogen-bond acceptors (Lipinski definition) is 4. The molecule has 1 saturated heterocycles. The van der Waals surface area contributed by atoms with Crippen molar-refractivity contribution in [2.45, 2.75) is 25.5 Å². The normalized spacial score (nSPS) is 17.3. The Kier molecular flexibility index (Phi) is 6.26. The topological polar surface area (TPSA) is 41.6 Å². The second kappa shape index (κ2) is 8.62. The Morgan fingerprint density at radius 2 is 2.29 bits per heavy atom. The Labute approximate surface area is 151 Å². The zero-order valence-corrected chi connectivity index (χ0v) is 15.0. The SMILES string of the molecule is O=C(CN(Cc1cccs1)CC1CCCO1)Nc1cccc(Cl)c1. The molecule has 3 rings (SSSR count). The number of benzene rings is 1. The average Bonchev–Trinajstić information content (AvgIpc) is 3.21. The van der Waals surface area contributed by atoms with E-state index in [2.05, 4.69) is 21.7 Å². The molecule has 0 saturated carbocycles. The van der Waals surface area contributed by atoms with Crippen molar-refractivity contribution in [2.75, 3.05) is 25.0 Å². The van der Waals surface area contributed by atoms with Crippen LogP contribution in [-0.2, 0) is 16.1 Å². The van der Waals surface area contributed by atoms with Gasteiger partial charge in [0.15, 0.2) is 0 Å². The highest BCUT2D eigenvalue weighted by atomic mass is 35.5. The molecule has 2 aromatic rings. The van der Waals surface area contributed by atoms with Crippen LogP contribution in [0.2, 0.25) is 5.02 Å². The molecule has 1 N–H and O–H groups in total. The van der Waals surface area contributed by atoms with Crippen molar-refractivity contribution in [3.63, 3.8) is 0 Å². The molecule has 1 aliphatic heterocycles. The molecule has 24 heavy (non-hydrogen) atoms. The summed E-state index contributed by atoms with van der Waals surface area (Å²) in [4.78, 5) is 15.8. The maximum atomic E-state index is 12.4. The second-order valence-corrected chi connectivity index (χ2v) is 7.41. The number of carbonyl (C=O) groups is 1. The summed E-state index contributed by atoms with van der Waals surface area (Å²) in [6.07, 6.45) is 2.40. The summed E-state index contributed by atoms with van der Waals surface area (Å²) in [6, 6.07) is 11.3. The van der Waals surface area contributed by atoms with Crippen LogP contribution in [0.4, 0.5) is 5.69 Å². The first-order chi connectivity index (χ1) is 11.7.